The number of thiophene rings is 1. The number of hydrogen-bond acceptors (Lipinski definition) is 3. The summed E-state index contributed by atoms with van der Waals surface area (Å²) in [5.74, 6) is -0.183. The average Bonchev–Trinajstić information content (AvgIpc) is 2.84. The molecule has 1 heterocycles. The highest BCUT2D eigenvalue weighted by Gasteiger charge is 2.01. The van der Waals surface area contributed by atoms with E-state index in [0.29, 0.717) is 0 Å². The first-order valence-corrected chi connectivity index (χ1v) is 6.95. The first-order chi connectivity index (χ1) is 9.19. The topological polar surface area (TPSA) is 35.8 Å². The van der Waals surface area contributed by atoms with Crippen molar-refractivity contribution in [3.63, 3.8) is 0 Å². The van der Waals surface area contributed by atoms with Crippen LogP contribution in [0.4, 0.5) is 4.39 Å². The molecule has 0 fully saturated rings. The Morgan fingerprint density at radius 3 is 2.84 bits per heavy atom. The van der Waals surface area contributed by atoms with E-state index in [2.05, 4.69) is 11.4 Å². The molecule has 0 atom stereocenters. The smallest absolute Gasteiger partial charge is 0.123 e. The Bertz CT molecular complexity index is 598. The Balaban J connectivity index is 1.79. The Labute approximate surface area is 116 Å². The molecule has 0 aliphatic heterocycles. The zero-order valence-electron chi connectivity index (χ0n) is 10.7. The Morgan fingerprint density at radius 1 is 1.32 bits per heavy atom. The number of nitrogens with zero attached hydrogens (tertiary/aromatic N) is 1. The maximum absolute atomic E-state index is 13.0. The molecule has 0 aliphatic rings. The molecule has 0 saturated carbocycles. The van der Waals surface area contributed by atoms with Gasteiger partial charge in [-0.25, -0.2) is 4.39 Å². The third-order valence-corrected chi connectivity index (χ3v) is 3.94. The fraction of sp³-hybridized carbons (Fsp3) is 0.267. The summed E-state index contributed by atoms with van der Waals surface area (Å²) in [4.78, 5) is 1.90. The average molecular weight is 274 g/mol. The molecule has 0 amide bonds. The van der Waals surface area contributed by atoms with Crippen molar-refractivity contribution in [2.45, 2.75) is 19.9 Å². The van der Waals surface area contributed by atoms with Gasteiger partial charge in [0.25, 0.3) is 0 Å². The molecule has 1 N–H and O–H groups in total. The van der Waals surface area contributed by atoms with Gasteiger partial charge in [-0.15, -0.1) is 11.3 Å². The molecule has 0 aliphatic carbocycles. The molecule has 2 nitrogen and oxygen atoms in total. The molecule has 0 spiro atoms. The van der Waals surface area contributed by atoms with Crippen molar-refractivity contribution >= 4 is 11.3 Å². The number of aryl methyl sites for hydroxylation is 1. The zero-order chi connectivity index (χ0) is 13.7. The molecule has 0 radical (unpaired) electrons. The fourth-order valence-electron chi connectivity index (χ4n) is 1.91. The van der Waals surface area contributed by atoms with Gasteiger partial charge >= 0.3 is 0 Å². The van der Waals surface area contributed by atoms with Gasteiger partial charge in [0.05, 0.1) is 0 Å². The van der Waals surface area contributed by atoms with E-state index >= 15 is 0 Å². The lowest BCUT2D eigenvalue weighted by molar-refractivity contribution is 0.624. The van der Waals surface area contributed by atoms with Crippen molar-refractivity contribution in [3.8, 4) is 6.07 Å². The van der Waals surface area contributed by atoms with Gasteiger partial charge in [-0.1, -0.05) is 6.07 Å². The minimum atomic E-state index is -0.183. The highest BCUT2D eigenvalue weighted by atomic mass is 32.1. The third-order valence-electron chi connectivity index (χ3n) is 2.95. The van der Waals surface area contributed by atoms with Gasteiger partial charge < -0.3 is 5.32 Å². The van der Waals surface area contributed by atoms with E-state index in [1.807, 2.05) is 25.1 Å². The summed E-state index contributed by atoms with van der Waals surface area (Å²) in [6, 6.07) is 10.8. The lowest BCUT2D eigenvalue weighted by atomic mass is 10.1. The Kier molecular flexibility index (Phi) is 4.67. The summed E-state index contributed by atoms with van der Waals surface area (Å²) in [6.45, 7) is 3.54. The van der Waals surface area contributed by atoms with E-state index in [4.69, 9.17) is 5.26 Å². The molecule has 2 rings (SSSR count). The number of rotatable bonds is 5. The lowest BCUT2D eigenvalue weighted by Crippen LogP contribution is -2.16. The Hall–Kier alpha value is -1.70. The molecular formula is C15H15FN2S. The SMILES string of the molecule is Cc1cc(F)ccc1CCNCc1ccc(C#N)s1. The number of hydrogen-bond donors (Lipinski definition) is 1. The van der Waals surface area contributed by atoms with Crippen LogP contribution in [0.25, 0.3) is 0 Å². The Morgan fingerprint density at radius 2 is 2.16 bits per heavy atom. The van der Waals surface area contributed by atoms with Crippen LogP contribution in [0, 0.1) is 24.1 Å². The van der Waals surface area contributed by atoms with Crippen molar-refractivity contribution < 1.29 is 4.39 Å². The standard InChI is InChI=1S/C15H15FN2S/c1-11-8-13(16)3-2-12(11)6-7-18-10-15-5-4-14(9-17)19-15/h2-5,8,18H,6-7,10H2,1H3. The molecule has 0 saturated heterocycles. The van der Waals surface area contributed by atoms with Crippen LogP contribution in [0.2, 0.25) is 0 Å². The molecule has 4 heteroatoms. The molecule has 2 aromatic rings. The molecule has 1 aromatic carbocycles. The van der Waals surface area contributed by atoms with Crippen molar-refractivity contribution in [1.29, 1.82) is 5.26 Å². The number of nitrogens with one attached hydrogen (secondary N) is 1. The predicted molar refractivity (Wildman–Crippen MR) is 75.6 cm³/mol. The van der Waals surface area contributed by atoms with E-state index in [0.717, 1.165) is 40.4 Å². The quantitative estimate of drug-likeness (QED) is 0.848. The van der Waals surface area contributed by atoms with E-state index in [-0.39, 0.29) is 5.82 Å². The minimum absolute atomic E-state index is 0.183. The zero-order valence-corrected chi connectivity index (χ0v) is 11.6. The minimum Gasteiger partial charge on any atom is -0.312 e. The van der Waals surface area contributed by atoms with Gasteiger partial charge in [-0.2, -0.15) is 5.26 Å². The molecule has 1 aromatic heterocycles. The summed E-state index contributed by atoms with van der Waals surface area (Å²) in [5, 5.41) is 12.1. The van der Waals surface area contributed by atoms with Crippen LogP contribution in [0.1, 0.15) is 20.9 Å². The van der Waals surface area contributed by atoms with Crippen LogP contribution >= 0.6 is 11.3 Å². The predicted octanol–water partition coefficient (Wildman–Crippen LogP) is 3.40. The van der Waals surface area contributed by atoms with E-state index < -0.39 is 0 Å². The van der Waals surface area contributed by atoms with Crippen LogP contribution in [0.5, 0.6) is 0 Å². The summed E-state index contributed by atoms with van der Waals surface area (Å²) in [7, 11) is 0. The second-order valence-corrected chi connectivity index (χ2v) is 5.54. The van der Waals surface area contributed by atoms with E-state index in [1.165, 1.54) is 17.4 Å². The van der Waals surface area contributed by atoms with Crippen molar-refractivity contribution in [3.05, 3.63) is 57.0 Å². The van der Waals surface area contributed by atoms with Crippen LogP contribution < -0.4 is 5.32 Å². The van der Waals surface area contributed by atoms with Crippen LogP contribution in [-0.4, -0.2) is 6.54 Å². The van der Waals surface area contributed by atoms with Crippen LogP contribution in [0.3, 0.4) is 0 Å². The fourth-order valence-corrected chi connectivity index (χ4v) is 2.68. The third kappa shape index (κ3) is 3.88. The van der Waals surface area contributed by atoms with E-state index in [1.54, 1.807) is 6.07 Å². The van der Waals surface area contributed by atoms with Gasteiger partial charge in [0.1, 0.15) is 16.8 Å². The number of nitriles is 1. The van der Waals surface area contributed by atoms with Crippen molar-refractivity contribution in [2.24, 2.45) is 0 Å². The highest BCUT2D eigenvalue weighted by molar-refractivity contribution is 7.12. The van der Waals surface area contributed by atoms with Crippen molar-refractivity contribution in [2.75, 3.05) is 6.54 Å². The maximum Gasteiger partial charge on any atom is 0.123 e. The van der Waals surface area contributed by atoms with Crippen LogP contribution in [0.15, 0.2) is 30.3 Å². The first kappa shape index (κ1) is 13.7. The molecule has 0 unspecified atom stereocenters. The van der Waals surface area contributed by atoms with E-state index in [9.17, 15) is 4.39 Å². The molecule has 0 bridgehead atoms. The van der Waals surface area contributed by atoms with Crippen LogP contribution in [-0.2, 0) is 13.0 Å². The normalized spacial score (nSPS) is 10.4. The molecule has 98 valence electrons. The first-order valence-electron chi connectivity index (χ1n) is 6.13. The van der Waals surface area contributed by atoms with Gasteiger partial charge in [-0.3, -0.25) is 0 Å². The number of benzene rings is 1. The largest absolute Gasteiger partial charge is 0.312 e. The van der Waals surface area contributed by atoms with Crippen molar-refractivity contribution in [1.82, 2.24) is 5.32 Å². The number of halogens is 1. The second-order valence-electron chi connectivity index (χ2n) is 4.38. The highest BCUT2D eigenvalue weighted by Crippen LogP contribution is 2.15. The summed E-state index contributed by atoms with van der Waals surface area (Å²) < 4.78 is 13.0. The van der Waals surface area contributed by atoms with Gasteiger partial charge in [0.2, 0.25) is 0 Å². The second kappa shape index (κ2) is 6.46. The molecular weight excluding hydrogens is 259 g/mol. The summed E-state index contributed by atoms with van der Waals surface area (Å²) in [5.41, 5.74) is 2.16. The lowest BCUT2D eigenvalue weighted by Gasteiger charge is -2.06. The van der Waals surface area contributed by atoms with Gasteiger partial charge in [0.15, 0.2) is 0 Å². The molecule has 19 heavy (non-hydrogen) atoms. The summed E-state index contributed by atoms with van der Waals surface area (Å²) >= 11 is 1.51. The summed E-state index contributed by atoms with van der Waals surface area (Å²) in [6.07, 6.45) is 0.878. The maximum atomic E-state index is 13.0. The monoisotopic (exact) mass is 274 g/mol. The van der Waals surface area contributed by atoms with Gasteiger partial charge in [-0.05, 0) is 55.3 Å². The van der Waals surface area contributed by atoms with Gasteiger partial charge in [0, 0.05) is 11.4 Å².